The molecule has 0 heterocycles. The summed E-state index contributed by atoms with van der Waals surface area (Å²) in [6.07, 6.45) is 7.19. The van der Waals surface area contributed by atoms with Gasteiger partial charge in [-0.15, -0.1) is 6.58 Å². The van der Waals surface area contributed by atoms with Crippen LogP contribution in [0.15, 0.2) is 68.7 Å². The quantitative estimate of drug-likeness (QED) is 0.350. The molecule has 0 aliphatic carbocycles. The molecule has 0 N–H and O–H groups in total. The van der Waals surface area contributed by atoms with Gasteiger partial charge in [0.1, 0.15) is 0 Å². The van der Waals surface area contributed by atoms with Crippen molar-refractivity contribution in [1.29, 1.82) is 0 Å². The topological polar surface area (TPSA) is 18.5 Å². The highest BCUT2D eigenvalue weighted by atomic mass is 16.7. The van der Waals surface area contributed by atoms with Gasteiger partial charge in [-0.05, 0) is 24.3 Å². The fraction of sp³-hybridized carbons (Fsp3) is 0.294. The second-order valence-electron chi connectivity index (χ2n) is 4.29. The molecule has 0 aromatic heterocycles. The lowest BCUT2D eigenvalue weighted by Crippen LogP contribution is -2.16. The van der Waals surface area contributed by atoms with Crippen LogP contribution in [0.3, 0.4) is 0 Å². The number of rotatable bonds is 10. The first-order valence-corrected chi connectivity index (χ1v) is 6.49. The number of hydrogen-bond acceptors (Lipinski definition) is 2. The van der Waals surface area contributed by atoms with Crippen LogP contribution in [0, 0.1) is 5.92 Å². The lowest BCUT2D eigenvalue weighted by atomic mass is 9.96. The molecule has 0 aliphatic heterocycles. The molecule has 0 saturated carbocycles. The Labute approximate surface area is 116 Å². The highest BCUT2D eigenvalue weighted by Gasteiger charge is 2.14. The summed E-state index contributed by atoms with van der Waals surface area (Å²) in [5, 5.41) is 0. The van der Waals surface area contributed by atoms with Crippen molar-refractivity contribution in [2.75, 3.05) is 0 Å². The largest absolute Gasteiger partial charge is 0.463 e. The first kappa shape index (κ1) is 15.1. The Kier molecular flexibility index (Phi) is 7.18. The molecule has 0 fully saturated rings. The molecular formula is C17H22O2. The first-order chi connectivity index (χ1) is 9.30. The molecule has 0 radical (unpaired) electrons. The van der Waals surface area contributed by atoms with Crippen LogP contribution < -0.4 is 0 Å². The van der Waals surface area contributed by atoms with E-state index in [9.17, 15) is 0 Å². The van der Waals surface area contributed by atoms with E-state index < -0.39 is 0 Å². The van der Waals surface area contributed by atoms with Gasteiger partial charge in [0, 0.05) is 6.42 Å². The zero-order chi connectivity index (χ0) is 13.9. The Bertz CT molecular complexity index is 374. The number of ether oxygens (including phenoxy) is 2. The molecule has 1 unspecified atom stereocenters. The average molecular weight is 258 g/mol. The molecule has 1 aromatic rings. The molecule has 0 bridgehead atoms. The molecule has 0 aliphatic rings. The fourth-order valence-corrected chi connectivity index (χ4v) is 1.93. The third-order valence-electron chi connectivity index (χ3n) is 2.97. The van der Waals surface area contributed by atoms with Gasteiger partial charge in [0.25, 0.3) is 0 Å². The van der Waals surface area contributed by atoms with Gasteiger partial charge in [-0.2, -0.15) is 0 Å². The van der Waals surface area contributed by atoms with E-state index in [-0.39, 0.29) is 6.29 Å². The van der Waals surface area contributed by atoms with E-state index in [0.29, 0.717) is 5.92 Å². The molecule has 0 spiro atoms. The highest BCUT2D eigenvalue weighted by Crippen LogP contribution is 2.18. The van der Waals surface area contributed by atoms with E-state index in [1.807, 2.05) is 12.1 Å². The van der Waals surface area contributed by atoms with Gasteiger partial charge in [0.05, 0.1) is 12.5 Å². The maximum absolute atomic E-state index is 5.29. The molecule has 1 aromatic carbocycles. The maximum Gasteiger partial charge on any atom is 0.239 e. The van der Waals surface area contributed by atoms with Crippen LogP contribution in [-0.4, -0.2) is 6.29 Å². The summed E-state index contributed by atoms with van der Waals surface area (Å²) < 4.78 is 10.6. The lowest BCUT2D eigenvalue weighted by molar-refractivity contribution is -0.0718. The standard InChI is InChI=1S/C17H22O2/c1-4-15(14-17(18-5-2)19-6-3)12-13-16-10-8-7-9-11-16/h4-11,15,17H,1-3,12-14H2. The van der Waals surface area contributed by atoms with Crippen LogP contribution in [0.1, 0.15) is 18.4 Å². The first-order valence-electron chi connectivity index (χ1n) is 6.49. The van der Waals surface area contributed by atoms with Gasteiger partial charge in [0.15, 0.2) is 0 Å². The monoisotopic (exact) mass is 258 g/mol. The Morgan fingerprint density at radius 2 is 1.63 bits per heavy atom. The number of allylic oxidation sites excluding steroid dienone is 1. The van der Waals surface area contributed by atoms with Crippen LogP contribution in [0.5, 0.6) is 0 Å². The summed E-state index contributed by atoms with van der Waals surface area (Å²) in [6, 6.07) is 10.4. The van der Waals surface area contributed by atoms with Gasteiger partial charge in [-0.25, -0.2) is 0 Å². The minimum Gasteiger partial charge on any atom is -0.463 e. The SMILES string of the molecule is C=COC(CC(C=C)CCc1ccccc1)OC=C. The van der Waals surface area contributed by atoms with Crippen molar-refractivity contribution in [3.8, 4) is 0 Å². The lowest BCUT2D eigenvalue weighted by Gasteiger charge is -2.20. The maximum atomic E-state index is 5.29. The average Bonchev–Trinajstić information content (AvgIpc) is 2.45. The van der Waals surface area contributed by atoms with Crippen LogP contribution in [0.2, 0.25) is 0 Å². The van der Waals surface area contributed by atoms with Crippen molar-refractivity contribution in [3.05, 3.63) is 74.2 Å². The molecule has 19 heavy (non-hydrogen) atoms. The molecule has 2 nitrogen and oxygen atoms in total. The van der Waals surface area contributed by atoms with E-state index in [2.05, 4.69) is 44.0 Å². The van der Waals surface area contributed by atoms with Gasteiger partial charge < -0.3 is 9.47 Å². The van der Waals surface area contributed by atoms with Crippen molar-refractivity contribution in [3.63, 3.8) is 0 Å². The van der Waals surface area contributed by atoms with Gasteiger partial charge >= 0.3 is 0 Å². The summed E-state index contributed by atoms with van der Waals surface area (Å²) in [5.74, 6) is 0.338. The third kappa shape index (κ3) is 5.96. The number of aryl methyl sites for hydroxylation is 1. The third-order valence-corrected chi connectivity index (χ3v) is 2.97. The molecule has 2 heteroatoms. The van der Waals surface area contributed by atoms with Crippen LogP contribution in [0.4, 0.5) is 0 Å². The molecule has 1 atom stereocenters. The zero-order valence-corrected chi connectivity index (χ0v) is 11.3. The molecule has 0 saturated heterocycles. The highest BCUT2D eigenvalue weighted by molar-refractivity contribution is 5.14. The Hall–Kier alpha value is -1.96. The van der Waals surface area contributed by atoms with Crippen molar-refractivity contribution in [2.24, 2.45) is 5.92 Å². The van der Waals surface area contributed by atoms with Gasteiger partial charge in [0.2, 0.25) is 6.29 Å². The zero-order valence-electron chi connectivity index (χ0n) is 11.3. The summed E-state index contributed by atoms with van der Waals surface area (Å²) in [7, 11) is 0. The van der Waals surface area contributed by atoms with E-state index >= 15 is 0 Å². The Morgan fingerprint density at radius 1 is 1.00 bits per heavy atom. The molecule has 0 amide bonds. The molecular weight excluding hydrogens is 236 g/mol. The second-order valence-corrected chi connectivity index (χ2v) is 4.29. The van der Waals surface area contributed by atoms with Crippen molar-refractivity contribution in [2.45, 2.75) is 25.6 Å². The Balaban J connectivity index is 2.45. The Morgan fingerprint density at radius 3 is 2.16 bits per heavy atom. The summed E-state index contributed by atoms with van der Waals surface area (Å²) in [4.78, 5) is 0. The second kappa shape index (κ2) is 9.03. The minimum absolute atomic E-state index is 0.338. The molecule has 102 valence electrons. The van der Waals surface area contributed by atoms with E-state index in [4.69, 9.17) is 9.47 Å². The van der Waals surface area contributed by atoms with Crippen LogP contribution >= 0.6 is 0 Å². The predicted octanol–water partition coefficient (Wildman–Crippen LogP) is 4.46. The smallest absolute Gasteiger partial charge is 0.239 e. The predicted molar refractivity (Wildman–Crippen MR) is 79.4 cm³/mol. The van der Waals surface area contributed by atoms with Crippen LogP contribution in [-0.2, 0) is 15.9 Å². The van der Waals surface area contributed by atoms with Gasteiger partial charge in [-0.3, -0.25) is 0 Å². The van der Waals surface area contributed by atoms with Crippen LogP contribution in [0.25, 0.3) is 0 Å². The van der Waals surface area contributed by atoms with Crippen molar-refractivity contribution in [1.82, 2.24) is 0 Å². The summed E-state index contributed by atoms with van der Waals surface area (Å²) >= 11 is 0. The number of benzene rings is 1. The van der Waals surface area contributed by atoms with Gasteiger partial charge in [-0.1, -0.05) is 49.6 Å². The van der Waals surface area contributed by atoms with Crippen molar-refractivity contribution >= 4 is 0 Å². The van der Waals surface area contributed by atoms with E-state index in [1.165, 1.54) is 18.1 Å². The summed E-state index contributed by atoms with van der Waals surface area (Å²) in [6.45, 7) is 11.0. The van der Waals surface area contributed by atoms with E-state index in [0.717, 1.165) is 19.3 Å². The normalized spacial score (nSPS) is 11.6. The fourth-order valence-electron chi connectivity index (χ4n) is 1.93. The minimum atomic E-state index is -0.339. The number of hydrogen-bond donors (Lipinski definition) is 0. The summed E-state index contributed by atoms with van der Waals surface area (Å²) in [5.41, 5.74) is 1.33. The van der Waals surface area contributed by atoms with E-state index in [1.54, 1.807) is 0 Å². The molecule has 1 rings (SSSR count). The van der Waals surface area contributed by atoms with Crippen molar-refractivity contribution < 1.29 is 9.47 Å².